The van der Waals surface area contributed by atoms with Crippen molar-refractivity contribution in [2.45, 2.75) is 65.0 Å². The highest BCUT2D eigenvalue weighted by molar-refractivity contribution is 5.30. The third-order valence-electron chi connectivity index (χ3n) is 3.47. The number of hydrogen-bond donors (Lipinski definition) is 1. The molecule has 2 nitrogen and oxygen atoms in total. The van der Waals surface area contributed by atoms with Crippen LogP contribution in [0.2, 0.25) is 0 Å². The molecule has 1 rings (SSSR count). The fourth-order valence-electron chi connectivity index (χ4n) is 2.39. The second-order valence-corrected chi connectivity index (χ2v) is 5.31. The fourth-order valence-corrected chi connectivity index (χ4v) is 2.39. The summed E-state index contributed by atoms with van der Waals surface area (Å²) in [6, 6.07) is 7.26. The van der Waals surface area contributed by atoms with Gasteiger partial charge in [0.05, 0.1) is 0 Å². The van der Waals surface area contributed by atoms with Crippen LogP contribution in [0.3, 0.4) is 0 Å². The van der Waals surface area contributed by atoms with E-state index in [0.29, 0.717) is 0 Å². The van der Waals surface area contributed by atoms with Gasteiger partial charge in [0.25, 0.3) is 0 Å². The van der Waals surface area contributed by atoms with E-state index >= 15 is 0 Å². The molecule has 0 saturated heterocycles. The Hall–Kier alpha value is -1.16. The van der Waals surface area contributed by atoms with Gasteiger partial charge in [-0.15, -0.1) is 0 Å². The van der Waals surface area contributed by atoms with Crippen LogP contribution in [-0.2, 0) is 0 Å². The third kappa shape index (κ3) is 7.42. The van der Waals surface area contributed by atoms with Gasteiger partial charge >= 0.3 is 6.61 Å². The molecule has 1 N–H and O–H groups in total. The maximum atomic E-state index is 12.3. The van der Waals surface area contributed by atoms with Crippen LogP contribution in [-0.4, -0.2) is 13.2 Å². The fraction of sp³-hybridized carbons (Fsp3) is 0.647. The standard InChI is InChI=1S/C17H27F2NO/c1-3-5-6-7-11-16(20-12-4-2)14-9-8-10-15(13-14)21-17(18)19/h8-10,13,16-17,20H,3-7,11-12H2,1-2H3. The molecule has 4 heteroatoms. The van der Waals surface area contributed by atoms with Crippen molar-refractivity contribution in [2.24, 2.45) is 0 Å². The molecule has 0 bridgehead atoms. The molecule has 0 radical (unpaired) electrons. The van der Waals surface area contributed by atoms with Crippen molar-refractivity contribution in [2.75, 3.05) is 6.54 Å². The monoisotopic (exact) mass is 299 g/mol. The van der Waals surface area contributed by atoms with Gasteiger partial charge in [-0.05, 0) is 37.1 Å². The number of ether oxygens (including phenoxy) is 1. The first kappa shape index (κ1) is 17.9. The van der Waals surface area contributed by atoms with E-state index in [0.717, 1.165) is 31.4 Å². The Kier molecular flexibility index (Phi) is 8.99. The Morgan fingerprint density at radius 1 is 1.10 bits per heavy atom. The van der Waals surface area contributed by atoms with Crippen LogP contribution in [0.5, 0.6) is 5.75 Å². The van der Waals surface area contributed by atoms with E-state index in [-0.39, 0.29) is 11.8 Å². The zero-order valence-corrected chi connectivity index (χ0v) is 13.1. The van der Waals surface area contributed by atoms with Crippen LogP contribution in [0.15, 0.2) is 24.3 Å². The predicted molar refractivity (Wildman–Crippen MR) is 82.9 cm³/mol. The maximum Gasteiger partial charge on any atom is 0.387 e. The molecule has 0 amide bonds. The lowest BCUT2D eigenvalue weighted by Crippen LogP contribution is -2.22. The van der Waals surface area contributed by atoms with Gasteiger partial charge in [-0.1, -0.05) is 51.7 Å². The highest BCUT2D eigenvalue weighted by Gasteiger charge is 2.12. The zero-order valence-electron chi connectivity index (χ0n) is 13.1. The number of benzene rings is 1. The quantitative estimate of drug-likeness (QED) is 0.560. The molecule has 1 aromatic carbocycles. The van der Waals surface area contributed by atoms with Crippen molar-refractivity contribution in [3.05, 3.63) is 29.8 Å². The van der Waals surface area contributed by atoms with Crippen LogP contribution in [0, 0.1) is 0 Å². The summed E-state index contributed by atoms with van der Waals surface area (Å²) in [5, 5.41) is 3.50. The number of hydrogen-bond acceptors (Lipinski definition) is 2. The molecule has 120 valence electrons. The lowest BCUT2D eigenvalue weighted by molar-refractivity contribution is -0.0499. The molecule has 0 fully saturated rings. The highest BCUT2D eigenvalue weighted by Crippen LogP contribution is 2.25. The SMILES string of the molecule is CCCCCCC(NCCC)c1cccc(OC(F)F)c1. The highest BCUT2D eigenvalue weighted by atomic mass is 19.3. The summed E-state index contributed by atoms with van der Waals surface area (Å²) < 4.78 is 29.1. The molecule has 1 aromatic rings. The van der Waals surface area contributed by atoms with Gasteiger partial charge < -0.3 is 10.1 Å². The molecule has 0 spiro atoms. The largest absolute Gasteiger partial charge is 0.435 e. The smallest absolute Gasteiger partial charge is 0.387 e. The van der Waals surface area contributed by atoms with Gasteiger partial charge in [-0.3, -0.25) is 0 Å². The average Bonchev–Trinajstić information content (AvgIpc) is 2.46. The van der Waals surface area contributed by atoms with Crippen LogP contribution in [0.25, 0.3) is 0 Å². The summed E-state index contributed by atoms with van der Waals surface area (Å²) in [5.41, 5.74) is 1.03. The van der Waals surface area contributed by atoms with Gasteiger partial charge in [0.15, 0.2) is 0 Å². The minimum absolute atomic E-state index is 0.211. The molecule has 0 aliphatic carbocycles. The number of rotatable bonds is 11. The zero-order chi connectivity index (χ0) is 15.5. The van der Waals surface area contributed by atoms with E-state index < -0.39 is 6.61 Å². The Bertz CT molecular complexity index is 385. The van der Waals surface area contributed by atoms with Gasteiger partial charge in [0.1, 0.15) is 5.75 Å². The topological polar surface area (TPSA) is 21.3 Å². The Morgan fingerprint density at radius 2 is 1.90 bits per heavy atom. The molecule has 0 aliphatic rings. The molecule has 0 aliphatic heterocycles. The van der Waals surface area contributed by atoms with Crippen molar-refractivity contribution >= 4 is 0 Å². The summed E-state index contributed by atoms with van der Waals surface area (Å²) in [7, 11) is 0. The van der Waals surface area contributed by atoms with E-state index in [1.165, 1.54) is 19.3 Å². The number of unbranched alkanes of at least 4 members (excludes halogenated alkanes) is 3. The van der Waals surface area contributed by atoms with Crippen molar-refractivity contribution < 1.29 is 13.5 Å². The second kappa shape index (κ2) is 10.6. The van der Waals surface area contributed by atoms with E-state index in [2.05, 4.69) is 23.9 Å². The molecule has 0 heterocycles. The molecule has 0 saturated carbocycles. The Balaban J connectivity index is 2.66. The summed E-state index contributed by atoms with van der Waals surface area (Å²) >= 11 is 0. The van der Waals surface area contributed by atoms with Crippen molar-refractivity contribution in [1.29, 1.82) is 0 Å². The minimum Gasteiger partial charge on any atom is -0.435 e. The second-order valence-electron chi connectivity index (χ2n) is 5.31. The van der Waals surface area contributed by atoms with E-state index in [9.17, 15) is 8.78 Å². The molecule has 1 unspecified atom stereocenters. The van der Waals surface area contributed by atoms with E-state index in [4.69, 9.17) is 0 Å². The van der Waals surface area contributed by atoms with Crippen LogP contribution in [0.4, 0.5) is 8.78 Å². The summed E-state index contributed by atoms with van der Waals surface area (Å²) in [5.74, 6) is 0.236. The van der Waals surface area contributed by atoms with Crippen LogP contribution in [0.1, 0.15) is 64.0 Å². The van der Waals surface area contributed by atoms with Gasteiger partial charge in [-0.25, -0.2) is 0 Å². The van der Waals surface area contributed by atoms with Crippen molar-refractivity contribution in [3.63, 3.8) is 0 Å². The number of halogens is 2. The first-order valence-corrected chi connectivity index (χ1v) is 7.95. The summed E-state index contributed by atoms with van der Waals surface area (Å²) in [6.45, 7) is 2.47. The van der Waals surface area contributed by atoms with Crippen molar-refractivity contribution in [3.8, 4) is 5.75 Å². The number of alkyl halides is 2. The summed E-state index contributed by atoms with van der Waals surface area (Å²) in [4.78, 5) is 0. The first-order chi connectivity index (χ1) is 10.2. The first-order valence-electron chi connectivity index (χ1n) is 7.95. The summed E-state index contributed by atoms with van der Waals surface area (Å²) in [6.07, 6.45) is 6.90. The van der Waals surface area contributed by atoms with Gasteiger partial charge in [0, 0.05) is 6.04 Å². The minimum atomic E-state index is -2.77. The van der Waals surface area contributed by atoms with Gasteiger partial charge in [0.2, 0.25) is 0 Å². The average molecular weight is 299 g/mol. The predicted octanol–water partition coefficient (Wildman–Crippen LogP) is 5.30. The van der Waals surface area contributed by atoms with Crippen LogP contribution >= 0.6 is 0 Å². The molecule has 21 heavy (non-hydrogen) atoms. The lowest BCUT2D eigenvalue weighted by Gasteiger charge is -2.20. The van der Waals surface area contributed by atoms with Gasteiger partial charge in [-0.2, -0.15) is 8.78 Å². The molecular weight excluding hydrogens is 272 g/mol. The normalized spacial score (nSPS) is 12.6. The molecular formula is C17H27F2NO. The third-order valence-corrected chi connectivity index (χ3v) is 3.47. The number of nitrogens with one attached hydrogen (secondary N) is 1. The van der Waals surface area contributed by atoms with E-state index in [1.54, 1.807) is 18.2 Å². The lowest BCUT2D eigenvalue weighted by atomic mass is 9.99. The van der Waals surface area contributed by atoms with Crippen molar-refractivity contribution in [1.82, 2.24) is 5.32 Å². The Labute approximate surface area is 126 Å². The van der Waals surface area contributed by atoms with Crippen LogP contribution < -0.4 is 10.1 Å². The maximum absolute atomic E-state index is 12.3. The van der Waals surface area contributed by atoms with E-state index in [1.807, 2.05) is 6.07 Å². The molecule has 0 aromatic heterocycles. The Morgan fingerprint density at radius 3 is 2.57 bits per heavy atom. The molecule has 1 atom stereocenters.